The van der Waals surface area contributed by atoms with Gasteiger partial charge in [0.25, 0.3) is 0 Å². The van der Waals surface area contributed by atoms with Crippen LogP contribution in [0.25, 0.3) is 0 Å². The summed E-state index contributed by atoms with van der Waals surface area (Å²) in [6.45, 7) is 2.79. The highest BCUT2D eigenvalue weighted by atomic mass is 16.2. The van der Waals surface area contributed by atoms with Crippen LogP contribution in [0.2, 0.25) is 0 Å². The van der Waals surface area contributed by atoms with Crippen molar-refractivity contribution in [1.29, 1.82) is 0 Å². The number of hydrogen-bond donors (Lipinski definition) is 2. The van der Waals surface area contributed by atoms with Crippen LogP contribution >= 0.6 is 0 Å². The SMILES string of the molecule is CC(=O)N(C)CCCN=CNC=NCC(N)=O. The molecule has 0 radical (unpaired) electrons. The normalized spacial score (nSPS) is 10.9. The quantitative estimate of drug-likeness (QED) is 0.323. The highest BCUT2D eigenvalue weighted by Gasteiger charge is 1.99. The molecule has 0 saturated heterocycles. The Morgan fingerprint density at radius 3 is 2.59 bits per heavy atom. The number of hydrogen-bond acceptors (Lipinski definition) is 4. The largest absolute Gasteiger partial charge is 0.368 e. The van der Waals surface area contributed by atoms with Gasteiger partial charge < -0.3 is 16.0 Å². The highest BCUT2D eigenvalue weighted by Crippen LogP contribution is 1.88. The molecule has 0 aliphatic carbocycles. The topological polar surface area (TPSA) is 100 Å². The molecule has 0 bridgehead atoms. The summed E-state index contributed by atoms with van der Waals surface area (Å²) in [6, 6.07) is 0. The van der Waals surface area contributed by atoms with Gasteiger partial charge >= 0.3 is 0 Å². The van der Waals surface area contributed by atoms with Gasteiger partial charge in [0, 0.05) is 27.1 Å². The Morgan fingerprint density at radius 1 is 1.35 bits per heavy atom. The molecule has 17 heavy (non-hydrogen) atoms. The molecule has 7 heteroatoms. The van der Waals surface area contributed by atoms with Crippen LogP contribution in [0.5, 0.6) is 0 Å². The average Bonchev–Trinajstić information content (AvgIpc) is 2.25. The summed E-state index contributed by atoms with van der Waals surface area (Å²) in [5.41, 5.74) is 4.88. The van der Waals surface area contributed by atoms with Gasteiger partial charge in [-0.15, -0.1) is 0 Å². The van der Waals surface area contributed by atoms with Crippen LogP contribution in [0.4, 0.5) is 0 Å². The lowest BCUT2D eigenvalue weighted by Crippen LogP contribution is -2.25. The molecule has 0 fully saturated rings. The van der Waals surface area contributed by atoms with Gasteiger partial charge in [-0.05, 0) is 6.42 Å². The number of primary amides is 1. The second-order valence-corrected chi connectivity index (χ2v) is 3.43. The van der Waals surface area contributed by atoms with Gasteiger partial charge in [-0.3, -0.25) is 19.6 Å². The molecule has 0 unspecified atom stereocenters. The molecular formula is C10H19N5O2. The molecule has 0 aromatic heterocycles. The molecule has 0 saturated carbocycles. The van der Waals surface area contributed by atoms with E-state index in [2.05, 4.69) is 15.3 Å². The van der Waals surface area contributed by atoms with E-state index in [1.165, 1.54) is 19.6 Å². The summed E-state index contributed by atoms with van der Waals surface area (Å²) < 4.78 is 0. The molecule has 2 amide bonds. The van der Waals surface area contributed by atoms with Crippen LogP contribution in [0.3, 0.4) is 0 Å². The van der Waals surface area contributed by atoms with E-state index in [0.717, 1.165) is 6.42 Å². The van der Waals surface area contributed by atoms with E-state index >= 15 is 0 Å². The van der Waals surface area contributed by atoms with Crippen molar-refractivity contribution in [3.05, 3.63) is 0 Å². The summed E-state index contributed by atoms with van der Waals surface area (Å²) in [7, 11) is 1.75. The highest BCUT2D eigenvalue weighted by molar-refractivity contribution is 5.80. The van der Waals surface area contributed by atoms with Crippen molar-refractivity contribution in [2.45, 2.75) is 13.3 Å². The van der Waals surface area contributed by atoms with Crippen molar-refractivity contribution < 1.29 is 9.59 Å². The maximum atomic E-state index is 10.9. The fraction of sp³-hybridized carbons (Fsp3) is 0.600. The van der Waals surface area contributed by atoms with E-state index in [-0.39, 0.29) is 12.5 Å². The zero-order valence-corrected chi connectivity index (χ0v) is 10.2. The molecule has 0 aliphatic rings. The zero-order valence-electron chi connectivity index (χ0n) is 10.2. The molecular weight excluding hydrogens is 222 g/mol. The van der Waals surface area contributed by atoms with Crippen molar-refractivity contribution in [2.24, 2.45) is 15.7 Å². The summed E-state index contributed by atoms with van der Waals surface area (Å²) in [6.07, 6.45) is 3.64. The fourth-order valence-electron chi connectivity index (χ4n) is 0.896. The second kappa shape index (κ2) is 9.32. The van der Waals surface area contributed by atoms with Gasteiger partial charge in [-0.25, -0.2) is 0 Å². The minimum Gasteiger partial charge on any atom is -0.368 e. The summed E-state index contributed by atoms with van der Waals surface area (Å²) in [5, 5.41) is 2.68. The van der Waals surface area contributed by atoms with Crippen molar-refractivity contribution >= 4 is 24.5 Å². The Balaban J connectivity index is 3.46. The Bertz CT molecular complexity index is 301. The lowest BCUT2D eigenvalue weighted by molar-refractivity contribution is -0.127. The Hall–Kier alpha value is -1.92. The van der Waals surface area contributed by atoms with Crippen LogP contribution in [-0.2, 0) is 9.59 Å². The molecule has 0 atom stereocenters. The second-order valence-electron chi connectivity index (χ2n) is 3.43. The Morgan fingerprint density at radius 2 is 2.00 bits per heavy atom. The monoisotopic (exact) mass is 241 g/mol. The smallest absolute Gasteiger partial charge is 0.239 e. The van der Waals surface area contributed by atoms with Crippen molar-refractivity contribution in [3.8, 4) is 0 Å². The number of rotatable bonds is 8. The number of nitrogens with one attached hydrogen (secondary N) is 1. The van der Waals surface area contributed by atoms with Gasteiger partial charge in [0.1, 0.15) is 6.54 Å². The summed E-state index contributed by atoms with van der Waals surface area (Å²) in [4.78, 5) is 30.5. The third-order valence-electron chi connectivity index (χ3n) is 1.90. The number of carbonyl (C=O) groups is 2. The first-order chi connectivity index (χ1) is 8.04. The van der Waals surface area contributed by atoms with Crippen LogP contribution < -0.4 is 11.1 Å². The third kappa shape index (κ3) is 10.4. The third-order valence-corrected chi connectivity index (χ3v) is 1.90. The van der Waals surface area contributed by atoms with Crippen molar-refractivity contribution in [3.63, 3.8) is 0 Å². The van der Waals surface area contributed by atoms with E-state index in [0.29, 0.717) is 13.1 Å². The molecule has 0 aromatic rings. The molecule has 7 nitrogen and oxygen atoms in total. The Kier molecular flexibility index (Phi) is 8.26. The van der Waals surface area contributed by atoms with E-state index in [1.54, 1.807) is 11.9 Å². The van der Waals surface area contributed by atoms with Gasteiger partial charge in [0.2, 0.25) is 11.8 Å². The minimum absolute atomic E-state index is 0.0375. The van der Waals surface area contributed by atoms with E-state index in [4.69, 9.17) is 5.73 Å². The van der Waals surface area contributed by atoms with Crippen molar-refractivity contribution in [2.75, 3.05) is 26.7 Å². The Labute approximate surface area is 101 Å². The molecule has 3 N–H and O–H groups in total. The van der Waals surface area contributed by atoms with Crippen LogP contribution in [0, 0.1) is 0 Å². The van der Waals surface area contributed by atoms with Crippen LogP contribution in [-0.4, -0.2) is 56.1 Å². The first-order valence-corrected chi connectivity index (χ1v) is 5.26. The molecule has 0 aromatic carbocycles. The number of aliphatic imine (C=N–C) groups is 2. The van der Waals surface area contributed by atoms with Gasteiger partial charge in [-0.1, -0.05) is 0 Å². The number of carbonyl (C=O) groups excluding carboxylic acids is 2. The van der Waals surface area contributed by atoms with Gasteiger partial charge in [0.05, 0.1) is 12.7 Å². The molecule has 0 spiro atoms. The van der Waals surface area contributed by atoms with E-state index in [9.17, 15) is 9.59 Å². The number of nitrogens with two attached hydrogens (primary N) is 1. The first kappa shape index (κ1) is 15.1. The zero-order chi connectivity index (χ0) is 13.1. The van der Waals surface area contributed by atoms with Gasteiger partial charge in [-0.2, -0.15) is 0 Å². The van der Waals surface area contributed by atoms with Crippen LogP contribution in [0.15, 0.2) is 9.98 Å². The molecule has 0 rings (SSSR count). The predicted octanol–water partition coefficient (Wildman–Crippen LogP) is -1.01. The average molecular weight is 241 g/mol. The lowest BCUT2D eigenvalue weighted by Gasteiger charge is -2.12. The fourth-order valence-corrected chi connectivity index (χ4v) is 0.896. The maximum absolute atomic E-state index is 10.9. The molecule has 96 valence electrons. The van der Waals surface area contributed by atoms with Crippen molar-refractivity contribution in [1.82, 2.24) is 10.2 Å². The first-order valence-electron chi connectivity index (χ1n) is 5.26. The minimum atomic E-state index is -0.479. The van der Waals surface area contributed by atoms with E-state index < -0.39 is 5.91 Å². The lowest BCUT2D eigenvalue weighted by atomic mass is 10.4. The molecule has 0 heterocycles. The number of nitrogens with zero attached hydrogens (tertiary/aromatic N) is 3. The molecule has 0 aliphatic heterocycles. The maximum Gasteiger partial charge on any atom is 0.239 e. The predicted molar refractivity (Wildman–Crippen MR) is 67.0 cm³/mol. The van der Waals surface area contributed by atoms with E-state index in [1.807, 2.05) is 0 Å². The summed E-state index contributed by atoms with van der Waals surface area (Å²) in [5.74, 6) is -0.432. The summed E-state index contributed by atoms with van der Waals surface area (Å²) >= 11 is 0. The number of amides is 2. The standard InChI is InChI=1S/C10H19N5O2/c1-9(16)15(2)5-3-4-12-7-14-8-13-6-10(11)17/h7-8H,3-6H2,1-2H3,(H2,11,17)(H,12,13,14). The van der Waals surface area contributed by atoms with Crippen LogP contribution in [0.1, 0.15) is 13.3 Å². The van der Waals surface area contributed by atoms with Gasteiger partial charge in [0.15, 0.2) is 0 Å².